The topological polar surface area (TPSA) is 37.8 Å². The van der Waals surface area contributed by atoms with Crippen LogP contribution in [-0.4, -0.2) is 16.2 Å². The van der Waals surface area contributed by atoms with Crippen LogP contribution in [0.2, 0.25) is 0 Å². The lowest BCUT2D eigenvalue weighted by molar-refractivity contribution is 0.813. The molecule has 1 aromatic rings. The molecule has 0 radical (unpaired) electrons. The van der Waals surface area contributed by atoms with Gasteiger partial charge in [-0.25, -0.2) is 0 Å². The van der Waals surface area contributed by atoms with Gasteiger partial charge in [0.15, 0.2) is 0 Å². The molecule has 12 heavy (non-hydrogen) atoms. The third-order valence-corrected chi connectivity index (χ3v) is 1.39. The molecule has 0 aliphatic heterocycles. The molecule has 0 spiro atoms. The van der Waals surface area contributed by atoms with Crippen molar-refractivity contribution in [1.29, 1.82) is 0 Å². The van der Waals surface area contributed by atoms with Crippen molar-refractivity contribution in [2.24, 2.45) is 0 Å². The SMILES string of the molecule is C#CCC(C)Nc1cccnn1. The van der Waals surface area contributed by atoms with Crippen LogP contribution >= 0.6 is 0 Å². The third kappa shape index (κ3) is 2.59. The fraction of sp³-hybridized carbons (Fsp3) is 0.333. The largest absolute Gasteiger partial charge is 0.365 e. The van der Waals surface area contributed by atoms with Crippen LogP contribution in [0.1, 0.15) is 13.3 Å². The number of terminal acetylenes is 1. The fourth-order valence-corrected chi connectivity index (χ4v) is 0.859. The van der Waals surface area contributed by atoms with Crippen LogP contribution in [0.5, 0.6) is 0 Å². The molecule has 0 saturated heterocycles. The third-order valence-electron chi connectivity index (χ3n) is 1.39. The molecule has 0 saturated carbocycles. The summed E-state index contributed by atoms with van der Waals surface area (Å²) < 4.78 is 0. The number of rotatable bonds is 3. The van der Waals surface area contributed by atoms with Gasteiger partial charge in [-0.05, 0) is 19.1 Å². The lowest BCUT2D eigenvalue weighted by atomic mass is 10.2. The van der Waals surface area contributed by atoms with Crippen LogP contribution in [0, 0.1) is 12.3 Å². The second kappa shape index (κ2) is 4.35. The highest BCUT2D eigenvalue weighted by Gasteiger charge is 1.99. The number of nitrogens with zero attached hydrogens (tertiary/aromatic N) is 2. The van der Waals surface area contributed by atoms with Gasteiger partial charge in [-0.3, -0.25) is 0 Å². The maximum absolute atomic E-state index is 5.16. The van der Waals surface area contributed by atoms with Crippen molar-refractivity contribution in [3.63, 3.8) is 0 Å². The zero-order valence-electron chi connectivity index (χ0n) is 6.99. The molecule has 3 heteroatoms. The maximum atomic E-state index is 5.16. The standard InChI is InChI=1S/C9H11N3/c1-3-5-8(2)11-9-6-4-7-10-12-9/h1,4,6-8H,5H2,2H3,(H,11,12). The number of aromatic nitrogens is 2. The second-order valence-corrected chi connectivity index (χ2v) is 2.56. The zero-order chi connectivity index (χ0) is 8.81. The Kier molecular flexibility index (Phi) is 3.09. The minimum absolute atomic E-state index is 0.242. The van der Waals surface area contributed by atoms with E-state index in [0.29, 0.717) is 6.42 Å². The van der Waals surface area contributed by atoms with E-state index in [4.69, 9.17) is 6.42 Å². The fourth-order valence-electron chi connectivity index (χ4n) is 0.859. The molecule has 0 amide bonds. The van der Waals surface area contributed by atoms with Crippen LogP contribution in [0.15, 0.2) is 18.3 Å². The lowest BCUT2D eigenvalue weighted by Gasteiger charge is -2.09. The molecule has 1 unspecified atom stereocenters. The number of anilines is 1. The first-order valence-electron chi connectivity index (χ1n) is 3.80. The van der Waals surface area contributed by atoms with Gasteiger partial charge in [0.1, 0.15) is 5.82 Å². The van der Waals surface area contributed by atoms with Crippen LogP contribution in [0.3, 0.4) is 0 Å². The molecule has 1 atom stereocenters. The quantitative estimate of drug-likeness (QED) is 0.679. The van der Waals surface area contributed by atoms with Gasteiger partial charge in [0.2, 0.25) is 0 Å². The number of nitrogens with one attached hydrogen (secondary N) is 1. The number of hydrogen-bond donors (Lipinski definition) is 1. The average Bonchev–Trinajstić information content (AvgIpc) is 2.06. The molecule has 0 aromatic carbocycles. The number of hydrogen-bond acceptors (Lipinski definition) is 3. The Hall–Kier alpha value is -1.56. The van der Waals surface area contributed by atoms with E-state index in [-0.39, 0.29) is 6.04 Å². The molecule has 0 bridgehead atoms. The van der Waals surface area contributed by atoms with Gasteiger partial charge in [-0.1, -0.05) is 0 Å². The van der Waals surface area contributed by atoms with Gasteiger partial charge in [0.05, 0.1) is 0 Å². The van der Waals surface area contributed by atoms with Crippen LogP contribution in [-0.2, 0) is 0 Å². The van der Waals surface area contributed by atoms with E-state index in [1.165, 1.54) is 0 Å². The molecule has 0 aliphatic rings. The molecule has 62 valence electrons. The van der Waals surface area contributed by atoms with Gasteiger partial charge in [0.25, 0.3) is 0 Å². The molecular formula is C9H11N3. The van der Waals surface area contributed by atoms with E-state index in [2.05, 4.69) is 21.4 Å². The minimum Gasteiger partial charge on any atom is -0.365 e. The zero-order valence-corrected chi connectivity index (χ0v) is 6.99. The lowest BCUT2D eigenvalue weighted by Crippen LogP contribution is -2.15. The molecule has 1 heterocycles. The Bertz CT molecular complexity index is 263. The van der Waals surface area contributed by atoms with Crippen molar-refractivity contribution < 1.29 is 0 Å². The smallest absolute Gasteiger partial charge is 0.148 e. The van der Waals surface area contributed by atoms with Crippen molar-refractivity contribution in [2.45, 2.75) is 19.4 Å². The summed E-state index contributed by atoms with van der Waals surface area (Å²) in [7, 11) is 0. The Labute approximate surface area is 72.2 Å². The molecule has 1 rings (SSSR count). The molecule has 1 N–H and O–H groups in total. The summed E-state index contributed by atoms with van der Waals surface area (Å²) in [6.07, 6.45) is 7.48. The Morgan fingerprint density at radius 3 is 3.17 bits per heavy atom. The first kappa shape index (κ1) is 8.54. The van der Waals surface area contributed by atoms with E-state index in [9.17, 15) is 0 Å². The summed E-state index contributed by atoms with van der Waals surface area (Å²) in [5, 5.41) is 10.7. The van der Waals surface area contributed by atoms with E-state index >= 15 is 0 Å². The Morgan fingerprint density at radius 2 is 2.58 bits per heavy atom. The van der Waals surface area contributed by atoms with Crippen molar-refractivity contribution >= 4 is 5.82 Å². The summed E-state index contributed by atoms with van der Waals surface area (Å²) in [6, 6.07) is 3.93. The van der Waals surface area contributed by atoms with Crippen molar-refractivity contribution in [2.75, 3.05) is 5.32 Å². The Balaban J connectivity index is 2.48. The van der Waals surface area contributed by atoms with Crippen molar-refractivity contribution in [1.82, 2.24) is 10.2 Å². The summed E-state index contributed by atoms with van der Waals surface area (Å²) in [6.45, 7) is 2.01. The van der Waals surface area contributed by atoms with Crippen LogP contribution < -0.4 is 5.32 Å². The predicted molar refractivity (Wildman–Crippen MR) is 48.6 cm³/mol. The van der Waals surface area contributed by atoms with E-state index in [1.54, 1.807) is 6.20 Å². The van der Waals surface area contributed by atoms with Gasteiger partial charge < -0.3 is 5.32 Å². The highest BCUT2D eigenvalue weighted by molar-refractivity contribution is 5.32. The van der Waals surface area contributed by atoms with Crippen LogP contribution in [0.4, 0.5) is 5.82 Å². The van der Waals surface area contributed by atoms with E-state index in [1.807, 2.05) is 19.1 Å². The van der Waals surface area contributed by atoms with Crippen molar-refractivity contribution in [3.05, 3.63) is 18.3 Å². The minimum atomic E-state index is 0.242. The van der Waals surface area contributed by atoms with E-state index in [0.717, 1.165) is 5.82 Å². The second-order valence-electron chi connectivity index (χ2n) is 2.56. The van der Waals surface area contributed by atoms with Gasteiger partial charge >= 0.3 is 0 Å². The van der Waals surface area contributed by atoms with Crippen LogP contribution in [0.25, 0.3) is 0 Å². The molecular weight excluding hydrogens is 150 g/mol. The normalized spacial score (nSPS) is 11.7. The summed E-state index contributed by atoms with van der Waals surface area (Å²) in [5.41, 5.74) is 0. The first-order chi connectivity index (χ1) is 5.83. The van der Waals surface area contributed by atoms with E-state index < -0.39 is 0 Å². The Morgan fingerprint density at radius 1 is 1.75 bits per heavy atom. The maximum Gasteiger partial charge on any atom is 0.148 e. The molecule has 0 aliphatic carbocycles. The predicted octanol–water partition coefficient (Wildman–Crippen LogP) is 1.30. The first-order valence-corrected chi connectivity index (χ1v) is 3.80. The van der Waals surface area contributed by atoms with Crippen molar-refractivity contribution in [3.8, 4) is 12.3 Å². The summed E-state index contributed by atoms with van der Waals surface area (Å²) >= 11 is 0. The highest BCUT2D eigenvalue weighted by Crippen LogP contribution is 2.02. The molecule has 0 fully saturated rings. The highest BCUT2D eigenvalue weighted by atomic mass is 15.2. The monoisotopic (exact) mass is 161 g/mol. The molecule has 1 aromatic heterocycles. The molecule has 3 nitrogen and oxygen atoms in total. The summed E-state index contributed by atoms with van der Waals surface area (Å²) in [4.78, 5) is 0. The van der Waals surface area contributed by atoms with Gasteiger partial charge in [-0.15, -0.1) is 17.4 Å². The summed E-state index contributed by atoms with van der Waals surface area (Å²) in [5.74, 6) is 3.34. The average molecular weight is 161 g/mol. The van der Waals surface area contributed by atoms with Gasteiger partial charge in [-0.2, -0.15) is 5.10 Å². The van der Waals surface area contributed by atoms with Gasteiger partial charge in [0, 0.05) is 18.7 Å².